The van der Waals surface area contributed by atoms with Gasteiger partial charge in [-0.25, -0.2) is 28.1 Å². The highest BCUT2D eigenvalue weighted by atomic mass is 32.2. The fraction of sp³-hybridized carbons (Fsp3) is 0.417. The molecule has 3 aliphatic rings. The molecule has 0 radical (unpaired) electrons. The van der Waals surface area contributed by atoms with Gasteiger partial charge in [-0.2, -0.15) is 4.98 Å². The third kappa shape index (κ3) is 6.58. The van der Waals surface area contributed by atoms with E-state index in [1.807, 2.05) is 44.4 Å². The molecule has 4 aromatic rings. The molecule has 2 aromatic carbocycles. The van der Waals surface area contributed by atoms with Crippen LogP contribution < -0.4 is 14.4 Å². The van der Waals surface area contributed by atoms with Crippen molar-refractivity contribution >= 4 is 27.6 Å². The fourth-order valence-corrected chi connectivity index (χ4v) is 7.72. The van der Waals surface area contributed by atoms with Crippen molar-refractivity contribution in [3.63, 3.8) is 0 Å². The van der Waals surface area contributed by atoms with Gasteiger partial charge >= 0.3 is 0 Å². The zero-order valence-electron chi connectivity index (χ0n) is 28.0. The van der Waals surface area contributed by atoms with Crippen LogP contribution in [0.2, 0.25) is 0 Å². The van der Waals surface area contributed by atoms with Crippen LogP contribution in [-0.2, 0) is 16.6 Å². The first-order valence-corrected chi connectivity index (χ1v) is 17.8. The van der Waals surface area contributed by atoms with Crippen LogP contribution in [0, 0.1) is 24.7 Å². The molecule has 4 bridgehead atoms. The minimum absolute atomic E-state index is 0.0768. The summed E-state index contributed by atoms with van der Waals surface area (Å²) >= 11 is 0. The lowest BCUT2D eigenvalue weighted by atomic mass is 9.87. The molecule has 2 aliphatic heterocycles. The third-order valence-electron chi connectivity index (χ3n) is 9.41. The molecule has 2 aromatic heterocycles. The fourth-order valence-electron chi connectivity index (χ4n) is 6.73. The smallest absolute Gasteiger partial charge is 0.264 e. The maximum atomic E-state index is 14.4. The van der Waals surface area contributed by atoms with Gasteiger partial charge < -0.3 is 14.5 Å². The summed E-state index contributed by atoms with van der Waals surface area (Å²) in [6.45, 7) is 12.6. The Labute approximate surface area is 281 Å². The van der Waals surface area contributed by atoms with Gasteiger partial charge in [-0.3, -0.25) is 4.79 Å². The highest BCUT2D eigenvalue weighted by Gasteiger charge is 2.52. The number of nitrogens with one attached hydrogen (secondary N) is 1. The van der Waals surface area contributed by atoms with E-state index in [-0.39, 0.29) is 46.8 Å². The van der Waals surface area contributed by atoms with E-state index >= 15 is 0 Å². The second-order valence-electron chi connectivity index (χ2n) is 14.7. The summed E-state index contributed by atoms with van der Waals surface area (Å²) in [6.07, 6.45) is 6.82. The normalized spacial score (nSPS) is 19.7. The lowest BCUT2D eigenvalue weighted by molar-refractivity contribution is 0.0505. The van der Waals surface area contributed by atoms with Crippen molar-refractivity contribution in [1.82, 2.24) is 24.8 Å². The number of amides is 1. The monoisotopic (exact) mass is 667 g/mol. The van der Waals surface area contributed by atoms with Crippen LogP contribution in [0.4, 0.5) is 11.6 Å². The zero-order valence-corrected chi connectivity index (χ0v) is 28.8. The SMILES string of the molecule is Cc1cccc(C)c1-c1cc2nc(n1)NS(=O)(=O)c1cccc(c1)C(=O)N(Cc1ncc(N3CC4(CC4)C3)cn1)[C@H](CC(C)(C)C)CO2. The van der Waals surface area contributed by atoms with Crippen molar-refractivity contribution in [1.29, 1.82) is 0 Å². The molecule has 4 heterocycles. The number of aryl methyl sites for hydroxylation is 2. The van der Waals surface area contributed by atoms with Crippen LogP contribution in [0.5, 0.6) is 5.88 Å². The van der Waals surface area contributed by atoms with Gasteiger partial charge in [-0.15, -0.1) is 0 Å². The van der Waals surface area contributed by atoms with Crippen LogP contribution in [0.3, 0.4) is 0 Å². The Balaban J connectivity index is 1.29. The Kier molecular flexibility index (Phi) is 7.89. The molecule has 1 amide bonds. The van der Waals surface area contributed by atoms with E-state index in [2.05, 4.69) is 50.3 Å². The number of carbonyl (C=O) groups excluding carboxylic acids is 1. The molecule has 2 fully saturated rings. The average Bonchev–Trinajstić information content (AvgIpc) is 3.82. The van der Waals surface area contributed by atoms with Crippen molar-refractivity contribution < 1.29 is 17.9 Å². The second-order valence-corrected chi connectivity index (χ2v) is 16.4. The van der Waals surface area contributed by atoms with E-state index in [0.29, 0.717) is 23.4 Å². The summed E-state index contributed by atoms with van der Waals surface area (Å²) in [5.41, 5.74) is 4.88. The topological polar surface area (TPSA) is 131 Å². The number of benzene rings is 2. The summed E-state index contributed by atoms with van der Waals surface area (Å²) in [5, 5.41) is 0. The van der Waals surface area contributed by atoms with E-state index in [1.165, 1.54) is 25.0 Å². The van der Waals surface area contributed by atoms with Crippen molar-refractivity contribution in [2.75, 3.05) is 29.3 Å². The highest BCUT2D eigenvalue weighted by molar-refractivity contribution is 7.92. The standard InChI is InChI=1S/C36H41N7O4S/c1-23-8-6-9-24(2)32(23)29-15-31-40-34(39-29)41-48(45,46)28-11-7-10-25(14-28)33(44)43(26(20-47-31)16-35(3,4)5)19-30-37-17-27(18-38-30)42-21-36(22-42)12-13-36/h6-11,14-15,17-18,26H,12-13,16,19-22H2,1-5H3,(H,39,40,41)/t26-/m1/s1. The molecule has 1 atom stereocenters. The number of fused-ring (bicyclic) bond motifs is 4. The Hall–Kier alpha value is -4.58. The van der Waals surface area contributed by atoms with Crippen LogP contribution in [0.25, 0.3) is 11.3 Å². The summed E-state index contributed by atoms with van der Waals surface area (Å²) in [5.74, 6) is 0.225. The minimum atomic E-state index is -4.16. The number of hydrogen-bond donors (Lipinski definition) is 1. The lowest BCUT2D eigenvalue weighted by Gasteiger charge is -2.41. The van der Waals surface area contributed by atoms with Crippen LogP contribution >= 0.6 is 0 Å². The summed E-state index contributed by atoms with van der Waals surface area (Å²) < 4.78 is 36.2. The number of carbonyl (C=O) groups is 1. The summed E-state index contributed by atoms with van der Waals surface area (Å²) in [6, 6.07) is 13.2. The number of rotatable bonds is 5. The summed E-state index contributed by atoms with van der Waals surface area (Å²) in [4.78, 5) is 36.7. The molecule has 1 saturated heterocycles. The maximum Gasteiger partial charge on any atom is 0.264 e. The van der Waals surface area contributed by atoms with Gasteiger partial charge in [-0.05, 0) is 67.9 Å². The first-order chi connectivity index (χ1) is 22.8. The Bertz CT molecular complexity index is 1960. The highest BCUT2D eigenvalue weighted by Crippen LogP contribution is 2.53. The van der Waals surface area contributed by atoms with Crippen molar-refractivity contribution in [2.45, 2.75) is 71.4 Å². The first kappa shape index (κ1) is 32.0. The van der Waals surface area contributed by atoms with Gasteiger partial charge in [0.2, 0.25) is 11.8 Å². The maximum absolute atomic E-state index is 14.4. The van der Waals surface area contributed by atoms with Gasteiger partial charge in [0.1, 0.15) is 12.4 Å². The largest absolute Gasteiger partial charge is 0.475 e. The molecule has 11 nitrogen and oxygen atoms in total. The van der Waals surface area contributed by atoms with E-state index in [1.54, 1.807) is 23.1 Å². The molecule has 1 spiro atoms. The zero-order chi connectivity index (χ0) is 33.8. The predicted molar refractivity (Wildman–Crippen MR) is 183 cm³/mol. The summed E-state index contributed by atoms with van der Waals surface area (Å²) in [7, 11) is -4.16. The van der Waals surface area contributed by atoms with E-state index in [9.17, 15) is 13.2 Å². The molecule has 0 unspecified atom stereocenters. The molecule has 1 aliphatic carbocycles. The van der Waals surface area contributed by atoms with Gasteiger partial charge in [-0.1, -0.05) is 45.0 Å². The number of anilines is 2. The lowest BCUT2D eigenvalue weighted by Crippen LogP contribution is -2.48. The number of nitrogens with zero attached hydrogens (tertiary/aromatic N) is 6. The molecule has 7 rings (SSSR count). The molecule has 12 heteroatoms. The first-order valence-electron chi connectivity index (χ1n) is 16.4. The molecule has 250 valence electrons. The number of ether oxygens (including phenoxy) is 1. The molecular weight excluding hydrogens is 627 g/mol. The number of hydrogen-bond acceptors (Lipinski definition) is 9. The molecular formula is C36H41N7O4S. The third-order valence-corrected chi connectivity index (χ3v) is 10.7. The second kappa shape index (κ2) is 11.8. The minimum Gasteiger partial charge on any atom is -0.475 e. The van der Waals surface area contributed by atoms with Gasteiger partial charge in [0.25, 0.3) is 15.9 Å². The van der Waals surface area contributed by atoms with Crippen molar-refractivity contribution in [3.8, 4) is 17.1 Å². The van der Waals surface area contributed by atoms with E-state index in [4.69, 9.17) is 4.74 Å². The van der Waals surface area contributed by atoms with Gasteiger partial charge in [0.05, 0.1) is 41.3 Å². The Morgan fingerprint density at radius 3 is 2.33 bits per heavy atom. The Morgan fingerprint density at radius 1 is 0.979 bits per heavy atom. The van der Waals surface area contributed by atoms with Gasteiger partial charge in [0, 0.05) is 35.7 Å². The van der Waals surface area contributed by atoms with Gasteiger partial charge in [0.15, 0.2) is 0 Å². The molecule has 1 saturated carbocycles. The van der Waals surface area contributed by atoms with E-state index in [0.717, 1.165) is 35.5 Å². The molecule has 48 heavy (non-hydrogen) atoms. The van der Waals surface area contributed by atoms with Crippen LogP contribution in [0.1, 0.15) is 67.3 Å². The van der Waals surface area contributed by atoms with Crippen LogP contribution in [-0.4, -0.2) is 64.9 Å². The quantitative estimate of drug-likeness (QED) is 0.281. The van der Waals surface area contributed by atoms with Crippen molar-refractivity contribution in [2.24, 2.45) is 10.8 Å². The predicted octanol–water partition coefficient (Wildman–Crippen LogP) is 5.79. The van der Waals surface area contributed by atoms with E-state index < -0.39 is 16.1 Å². The van der Waals surface area contributed by atoms with Crippen molar-refractivity contribution in [3.05, 3.63) is 83.4 Å². The van der Waals surface area contributed by atoms with Crippen LogP contribution in [0.15, 0.2) is 65.8 Å². The number of aromatic nitrogens is 4. The molecule has 1 N–H and O–H groups in total. The average molecular weight is 668 g/mol. The number of sulfonamides is 1. The Morgan fingerprint density at radius 2 is 1.67 bits per heavy atom.